The summed E-state index contributed by atoms with van der Waals surface area (Å²) >= 11 is 0. The number of hydrogen-bond donors (Lipinski definition) is 1. The fourth-order valence-corrected chi connectivity index (χ4v) is 2.51. The number of hydrogen-bond acceptors (Lipinski definition) is 7. The molecule has 1 aromatic carbocycles. The maximum atomic E-state index is 12.4. The molecule has 146 valence electrons. The van der Waals surface area contributed by atoms with Gasteiger partial charge in [-0.2, -0.15) is 5.10 Å². The Kier molecular flexibility index (Phi) is 4.63. The minimum Gasteiger partial charge on any atom is -0.444 e. The van der Waals surface area contributed by atoms with E-state index in [1.165, 1.54) is 25.2 Å². The molecule has 1 aromatic heterocycles. The highest BCUT2D eigenvalue weighted by Crippen LogP contribution is 2.23. The SMILES string of the molecule is Cn1nc(NC(=O)OC(C)(C)C)cc1C(=O)ON1C(=O)c2ccccc2C1=O. The summed E-state index contributed by atoms with van der Waals surface area (Å²) in [5.41, 5.74) is -0.482. The van der Waals surface area contributed by atoms with Crippen LogP contribution in [0.3, 0.4) is 0 Å². The van der Waals surface area contributed by atoms with Crippen LogP contribution in [0.1, 0.15) is 52.0 Å². The molecule has 3 amide bonds. The number of amides is 3. The van der Waals surface area contributed by atoms with Crippen molar-refractivity contribution in [3.63, 3.8) is 0 Å². The van der Waals surface area contributed by atoms with Crippen molar-refractivity contribution in [1.29, 1.82) is 0 Å². The standard InChI is InChI=1S/C18H18N4O6/c1-18(2,3)27-17(26)19-13-9-12(21(4)20-13)16(25)28-22-14(23)10-7-5-6-8-11(10)15(22)24/h5-9H,1-4H3,(H,19,20,26). The second kappa shape index (κ2) is 6.80. The van der Waals surface area contributed by atoms with E-state index in [4.69, 9.17) is 9.57 Å². The van der Waals surface area contributed by atoms with Gasteiger partial charge in [0.1, 0.15) is 5.60 Å². The first-order chi connectivity index (χ1) is 13.1. The molecular formula is C18H18N4O6. The van der Waals surface area contributed by atoms with Gasteiger partial charge in [0.2, 0.25) is 0 Å². The highest BCUT2D eigenvalue weighted by atomic mass is 16.7. The van der Waals surface area contributed by atoms with Crippen LogP contribution in [0, 0.1) is 0 Å². The third-order valence-corrected chi connectivity index (χ3v) is 3.65. The van der Waals surface area contributed by atoms with Crippen LogP contribution < -0.4 is 5.32 Å². The van der Waals surface area contributed by atoms with Crippen LogP contribution in [-0.2, 0) is 16.6 Å². The topological polar surface area (TPSA) is 120 Å². The van der Waals surface area contributed by atoms with Crippen LogP contribution >= 0.6 is 0 Å². The highest BCUT2D eigenvalue weighted by molar-refractivity contribution is 6.21. The molecule has 1 aliphatic rings. The van der Waals surface area contributed by atoms with Crippen molar-refractivity contribution in [2.24, 2.45) is 7.05 Å². The van der Waals surface area contributed by atoms with Crippen molar-refractivity contribution in [1.82, 2.24) is 14.8 Å². The molecule has 2 heterocycles. The van der Waals surface area contributed by atoms with Crippen LogP contribution in [0.2, 0.25) is 0 Å². The van der Waals surface area contributed by atoms with E-state index in [0.717, 1.165) is 4.68 Å². The second-order valence-electron chi connectivity index (χ2n) is 6.99. The number of rotatable bonds is 3. The van der Waals surface area contributed by atoms with Crippen LogP contribution in [0.4, 0.5) is 10.6 Å². The minimum atomic E-state index is -0.984. The molecule has 2 aromatic rings. The smallest absolute Gasteiger partial charge is 0.413 e. The fourth-order valence-electron chi connectivity index (χ4n) is 2.51. The molecule has 0 unspecified atom stereocenters. The van der Waals surface area contributed by atoms with E-state index in [2.05, 4.69) is 10.4 Å². The summed E-state index contributed by atoms with van der Waals surface area (Å²) in [7, 11) is 1.44. The summed E-state index contributed by atoms with van der Waals surface area (Å²) in [5.74, 6) is -2.40. The number of nitrogens with one attached hydrogen (secondary N) is 1. The average Bonchev–Trinajstić information content (AvgIpc) is 3.06. The van der Waals surface area contributed by atoms with Crippen molar-refractivity contribution >= 4 is 29.7 Å². The maximum Gasteiger partial charge on any atom is 0.413 e. The van der Waals surface area contributed by atoms with E-state index >= 15 is 0 Å². The van der Waals surface area contributed by atoms with E-state index in [1.54, 1.807) is 32.9 Å². The Morgan fingerprint density at radius 2 is 1.64 bits per heavy atom. The van der Waals surface area contributed by atoms with Gasteiger partial charge in [-0.25, -0.2) is 9.59 Å². The number of ether oxygens (including phenoxy) is 1. The summed E-state index contributed by atoms with van der Waals surface area (Å²) in [6.45, 7) is 5.11. The number of benzene rings is 1. The quantitative estimate of drug-likeness (QED) is 0.802. The molecular weight excluding hydrogens is 368 g/mol. The molecule has 1 N–H and O–H groups in total. The molecule has 3 rings (SSSR count). The van der Waals surface area contributed by atoms with Gasteiger partial charge in [-0.15, -0.1) is 0 Å². The van der Waals surface area contributed by atoms with Gasteiger partial charge < -0.3 is 9.57 Å². The molecule has 1 aliphatic heterocycles. The molecule has 28 heavy (non-hydrogen) atoms. The van der Waals surface area contributed by atoms with E-state index in [0.29, 0.717) is 5.06 Å². The van der Waals surface area contributed by atoms with Gasteiger partial charge in [-0.1, -0.05) is 17.2 Å². The molecule has 0 fully saturated rings. The number of nitrogens with zero attached hydrogens (tertiary/aromatic N) is 3. The third-order valence-electron chi connectivity index (χ3n) is 3.65. The Morgan fingerprint density at radius 3 is 2.18 bits per heavy atom. The van der Waals surface area contributed by atoms with Crippen LogP contribution in [-0.4, -0.2) is 44.3 Å². The molecule has 0 bridgehead atoms. The molecule has 0 saturated heterocycles. The predicted molar refractivity (Wildman–Crippen MR) is 95.4 cm³/mol. The lowest BCUT2D eigenvalue weighted by atomic mass is 10.1. The first kappa shape index (κ1) is 19.1. The number of fused-ring (bicyclic) bond motifs is 1. The molecule has 0 aliphatic carbocycles. The van der Waals surface area contributed by atoms with E-state index < -0.39 is 29.5 Å². The lowest BCUT2D eigenvalue weighted by Gasteiger charge is -2.18. The fraction of sp³-hybridized carbons (Fsp3) is 0.278. The van der Waals surface area contributed by atoms with Crippen molar-refractivity contribution < 1.29 is 28.8 Å². The van der Waals surface area contributed by atoms with Crippen molar-refractivity contribution in [3.05, 3.63) is 47.2 Å². The summed E-state index contributed by atoms with van der Waals surface area (Å²) in [4.78, 5) is 53.8. The molecule has 10 nitrogen and oxygen atoms in total. The third kappa shape index (κ3) is 3.70. The average molecular weight is 386 g/mol. The summed E-state index contributed by atoms with van der Waals surface area (Å²) in [6.07, 6.45) is -0.745. The second-order valence-corrected chi connectivity index (χ2v) is 6.99. The monoisotopic (exact) mass is 386 g/mol. The molecule has 0 saturated carbocycles. The van der Waals surface area contributed by atoms with Gasteiger partial charge in [0, 0.05) is 13.1 Å². The van der Waals surface area contributed by atoms with Crippen LogP contribution in [0.5, 0.6) is 0 Å². The van der Waals surface area contributed by atoms with Crippen LogP contribution in [0.25, 0.3) is 0 Å². The van der Waals surface area contributed by atoms with Gasteiger partial charge in [-0.3, -0.25) is 19.6 Å². The van der Waals surface area contributed by atoms with Gasteiger partial charge in [0.05, 0.1) is 11.1 Å². The van der Waals surface area contributed by atoms with Crippen molar-refractivity contribution in [2.75, 3.05) is 5.32 Å². The Morgan fingerprint density at radius 1 is 1.07 bits per heavy atom. The van der Waals surface area contributed by atoms with E-state index in [9.17, 15) is 19.2 Å². The normalized spacial score (nSPS) is 13.4. The van der Waals surface area contributed by atoms with Gasteiger partial charge in [0.25, 0.3) is 11.8 Å². The summed E-state index contributed by atoms with van der Waals surface area (Å²) in [6, 6.07) is 7.38. The minimum absolute atomic E-state index is 0.0473. The maximum absolute atomic E-state index is 12.4. The van der Waals surface area contributed by atoms with Gasteiger partial charge in [-0.05, 0) is 32.9 Å². The van der Waals surface area contributed by atoms with Crippen molar-refractivity contribution in [3.8, 4) is 0 Å². The highest BCUT2D eigenvalue weighted by Gasteiger charge is 2.39. The molecule has 10 heteroatoms. The molecule has 0 spiro atoms. The zero-order valence-corrected chi connectivity index (χ0v) is 15.7. The Balaban J connectivity index is 1.72. The summed E-state index contributed by atoms with van der Waals surface area (Å²) < 4.78 is 6.26. The van der Waals surface area contributed by atoms with Gasteiger partial charge in [0.15, 0.2) is 11.5 Å². The predicted octanol–water partition coefficient (Wildman–Crippen LogP) is 2.14. The number of aryl methyl sites for hydroxylation is 1. The largest absolute Gasteiger partial charge is 0.444 e. The number of aromatic nitrogens is 2. The lowest BCUT2D eigenvalue weighted by molar-refractivity contribution is -0.0591. The Labute approximate surface area is 160 Å². The first-order valence-electron chi connectivity index (χ1n) is 8.31. The van der Waals surface area contributed by atoms with Gasteiger partial charge >= 0.3 is 12.1 Å². The number of carbonyl (C=O) groups is 4. The number of imide groups is 1. The summed E-state index contributed by atoms with van der Waals surface area (Å²) in [5, 5.41) is 6.76. The Hall–Kier alpha value is -3.69. The van der Waals surface area contributed by atoms with E-state index in [1.807, 2.05) is 0 Å². The lowest BCUT2D eigenvalue weighted by Crippen LogP contribution is -2.33. The van der Waals surface area contributed by atoms with E-state index in [-0.39, 0.29) is 22.6 Å². The van der Waals surface area contributed by atoms with Crippen molar-refractivity contribution in [2.45, 2.75) is 26.4 Å². The zero-order chi connectivity index (χ0) is 20.6. The molecule has 0 atom stereocenters. The number of anilines is 1. The Bertz CT molecular complexity index is 953. The van der Waals surface area contributed by atoms with Crippen LogP contribution in [0.15, 0.2) is 30.3 Å². The number of hydroxylamine groups is 2. The molecule has 0 radical (unpaired) electrons. The number of carbonyl (C=O) groups excluding carboxylic acids is 4. The first-order valence-corrected chi connectivity index (χ1v) is 8.31. The zero-order valence-electron chi connectivity index (χ0n) is 15.7.